The minimum atomic E-state index is -4.02. The molecule has 0 radical (unpaired) electrons. The number of pyridine rings is 1. The van der Waals surface area contributed by atoms with Crippen molar-refractivity contribution in [3.05, 3.63) is 18.3 Å². The quantitative estimate of drug-likeness (QED) is 0.819. The van der Waals surface area contributed by atoms with Crippen molar-refractivity contribution < 1.29 is 26.7 Å². The van der Waals surface area contributed by atoms with Crippen molar-refractivity contribution in [3.63, 3.8) is 0 Å². The Morgan fingerprint density at radius 2 is 1.95 bits per heavy atom. The molecule has 2 rings (SSSR count). The lowest BCUT2D eigenvalue weighted by Crippen LogP contribution is -2.47. The van der Waals surface area contributed by atoms with Crippen molar-refractivity contribution in [3.8, 4) is 0 Å². The summed E-state index contributed by atoms with van der Waals surface area (Å²) < 4.78 is 48.7. The smallest absolute Gasteiger partial charge is 0.322 e. The summed E-state index contributed by atoms with van der Waals surface area (Å²) in [6.07, 6.45) is 3.39. The molecule has 22 heavy (non-hydrogen) atoms. The topological polar surface area (TPSA) is 122 Å². The van der Waals surface area contributed by atoms with E-state index in [9.17, 15) is 21.6 Å². The Kier molecular flexibility index (Phi) is 4.54. The number of aromatic nitrogens is 1. The molecule has 1 aliphatic rings. The van der Waals surface area contributed by atoms with Crippen LogP contribution < -0.4 is 0 Å². The average Bonchev–Trinajstić information content (AvgIpc) is 2.46. The second-order valence-electron chi connectivity index (χ2n) is 5.07. The van der Waals surface area contributed by atoms with Crippen LogP contribution in [0.4, 0.5) is 0 Å². The van der Waals surface area contributed by atoms with Crippen LogP contribution in [0, 0.1) is 0 Å². The Bertz CT molecular complexity index is 770. The second kappa shape index (κ2) is 5.94. The van der Waals surface area contributed by atoms with E-state index >= 15 is 0 Å². The van der Waals surface area contributed by atoms with Crippen molar-refractivity contribution in [1.82, 2.24) is 9.29 Å². The van der Waals surface area contributed by atoms with Crippen molar-refractivity contribution in [2.75, 3.05) is 12.8 Å². The fourth-order valence-electron chi connectivity index (χ4n) is 2.31. The van der Waals surface area contributed by atoms with Gasteiger partial charge in [0, 0.05) is 19.0 Å². The summed E-state index contributed by atoms with van der Waals surface area (Å²) in [5, 5.41) is 8.93. The molecule has 1 unspecified atom stereocenters. The second-order valence-corrected chi connectivity index (χ2v) is 8.92. The van der Waals surface area contributed by atoms with Gasteiger partial charge in [0.2, 0.25) is 10.0 Å². The first-order valence-electron chi connectivity index (χ1n) is 6.55. The molecule has 0 saturated carbocycles. The first kappa shape index (κ1) is 16.8. The molecule has 1 saturated heterocycles. The number of rotatable bonds is 4. The first-order valence-corrected chi connectivity index (χ1v) is 9.88. The predicted molar refractivity (Wildman–Crippen MR) is 76.5 cm³/mol. The highest BCUT2D eigenvalue weighted by molar-refractivity contribution is 7.90. The van der Waals surface area contributed by atoms with Gasteiger partial charge in [-0.15, -0.1) is 0 Å². The van der Waals surface area contributed by atoms with E-state index in [2.05, 4.69) is 4.98 Å². The van der Waals surface area contributed by atoms with Gasteiger partial charge in [-0.2, -0.15) is 4.31 Å². The highest BCUT2D eigenvalue weighted by Crippen LogP contribution is 2.25. The lowest BCUT2D eigenvalue weighted by molar-refractivity contribution is -0.142. The molecule has 122 valence electrons. The summed E-state index contributed by atoms with van der Waals surface area (Å²) in [7, 11) is -7.55. The number of hydrogen-bond donors (Lipinski definition) is 1. The molecule has 0 aliphatic carbocycles. The van der Waals surface area contributed by atoms with Gasteiger partial charge in [-0.05, 0) is 31.4 Å². The van der Waals surface area contributed by atoms with Gasteiger partial charge >= 0.3 is 5.97 Å². The van der Waals surface area contributed by atoms with Crippen molar-refractivity contribution in [2.24, 2.45) is 0 Å². The largest absolute Gasteiger partial charge is 0.480 e. The molecule has 0 amide bonds. The molecule has 1 aromatic heterocycles. The predicted octanol–water partition coefficient (Wildman–Crippen LogP) is 0.113. The monoisotopic (exact) mass is 348 g/mol. The van der Waals surface area contributed by atoms with Crippen LogP contribution in [0.3, 0.4) is 0 Å². The number of carbonyl (C=O) groups is 1. The maximum atomic E-state index is 12.5. The van der Waals surface area contributed by atoms with Crippen LogP contribution in [0.15, 0.2) is 28.3 Å². The van der Waals surface area contributed by atoms with Crippen molar-refractivity contribution in [2.45, 2.75) is 35.2 Å². The normalized spacial score (nSPS) is 20.7. The zero-order valence-electron chi connectivity index (χ0n) is 11.8. The maximum Gasteiger partial charge on any atom is 0.322 e. The average molecular weight is 348 g/mol. The maximum absolute atomic E-state index is 12.5. The van der Waals surface area contributed by atoms with Crippen LogP contribution in [0.25, 0.3) is 0 Å². The lowest BCUT2D eigenvalue weighted by atomic mass is 10.1. The number of nitrogens with zero attached hydrogens (tertiary/aromatic N) is 2. The van der Waals surface area contributed by atoms with Gasteiger partial charge < -0.3 is 5.11 Å². The molecule has 1 N–H and O–H groups in total. The van der Waals surface area contributed by atoms with Gasteiger partial charge in [-0.3, -0.25) is 4.79 Å². The molecule has 2 heterocycles. The van der Waals surface area contributed by atoms with E-state index in [0.29, 0.717) is 12.8 Å². The molecule has 0 bridgehead atoms. The first-order chi connectivity index (χ1) is 10.1. The molecule has 10 heteroatoms. The van der Waals surface area contributed by atoms with Crippen LogP contribution in [0.1, 0.15) is 19.3 Å². The summed E-state index contributed by atoms with van der Waals surface area (Å²) in [5.41, 5.74) is 0. The number of piperidine rings is 1. The van der Waals surface area contributed by atoms with Crippen LogP contribution >= 0.6 is 0 Å². The highest BCUT2D eigenvalue weighted by atomic mass is 32.2. The van der Waals surface area contributed by atoms with Crippen molar-refractivity contribution in [1.29, 1.82) is 0 Å². The van der Waals surface area contributed by atoms with Crippen LogP contribution in [0.5, 0.6) is 0 Å². The summed E-state index contributed by atoms with van der Waals surface area (Å²) in [4.78, 5) is 14.7. The Morgan fingerprint density at radius 1 is 1.27 bits per heavy atom. The number of aliphatic carboxylic acids is 1. The summed E-state index contributed by atoms with van der Waals surface area (Å²) >= 11 is 0. The minimum absolute atomic E-state index is 0.118. The van der Waals surface area contributed by atoms with Crippen LogP contribution in [0.2, 0.25) is 0 Å². The van der Waals surface area contributed by atoms with Gasteiger partial charge in [-0.25, -0.2) is 21.8 Å². The number of hydrogen-bond acceptors (Lipinski definition) is 6. The van der Waals surface area contributed by atoms with E-state index in [4.69, 9.17) is 5.11 Å². The molecular weight excluding hydrogens is 332 g/mol. The molecule has 0 spiro atoms. The summed E-state index contributed by atoms with van der Waals surface area (Å²) in [6.45, 7) is 0.118. The van der Waals surface area contributed by atoms with Gasteiger partial charge in [0.1, 0.15) is 10.9 Å². The summed E-state index contributed by atoms with van der Waals surface area (Å²) in [6, 6.07) is 1.13. The molecule has 1 aliphatic heterocycles. The number of sulfone groups is 1. The van der Waals surface area contributed by atoms with Crippen molar-refractivity contribution >= 4 is 25.8 Å². The molecular formula is C12H16N2O6S2. The fourth-order valence-corrected chi connectivity index (χ4v) is 4.47. The number of sulfonamides is 1. The molecule has 1 atom stereocenters. The SMILES string of the molecule is CS(=O)(=O)c1ccc(S(=O)(=O)N2CCCCC2C(=O)O)cn1. The lowest BCUT2D eigenvalue weighted by Gasteiger charge is -2.31. The third-order valence-electron chi connectivity index (χ3n) is 3.43. The van der Waals surface area contributed by atoms with E-state index in [-0.39, 0.29) is 22.9 Å². The van der Waals surface area contributed by atoms with E-state index in [1.165, 1.54) is 0 Å². The number of carboxylic acids is 1. The van der Waals surface area contributed by atoms with Crippen LogP contribution in [-0.4, -0.2) is 56.0 Å². The third kappa shape index (κ3) is 3.28. The Hall–Kier alpha value is -1.52. The van der Waals surface area contributed by atoms with E-state index in [0.717, 1.165) is 28.9 Å². The third-order valence-corrected chi connectivity index (χ3v) is 6.33. The zero-order chi connectivity index (χ0) is 16.5. The van der Waals surface area contributed by atoms with E-state index in [1.807, 2.05) is 0 Å². The molecule has 8 nitrogen and oxygen atoms in total. The molecule has 0 aromatic carbocycles. The molecule has 1 fully saturated rings. The Labute approximate surface area is 128 Å². The zero-order valence-corrected chi connectivity index (χ0v) is 13.5. The standard InChI is InChI=1S/C12H16N2O6S2/c1-21(17,18)11-6-5-9(8-13-11)22(19,20)14-7-3-2-4-10(14)12(15)16/h5-6,8,10H,2-4,7H2,1H3,(H,15,16). The highest BCUT2D eigenvalue weighted by Gasteiger charge is 2.37. The minimum Gasteiger partial charge on any atom is -0.480 e. The van der Waals surface area contributed by atoms with E-state index in [1.54, 1.807) is 0 Å². The Balaban J connectivity index is 2.39. The fraction of sp³-hybridized carbons (Fsp3) is 0.500. The van der Waals surface area contributed by atoms with Gasteiger partial charge in [0.05, 0.1) is 0 Å². The molecule has 1 aromatic rings. The van der Waals surface area contributed by atoms with Gasteiger partial charge in [0.15, 0.2) is 14.9 Å². The van der Waals surface area contributed by atoms with Gasteiger partial charge in [0.25, 0.3) is 0 Å². The number of carboxylic acid groups (broad SMARTS) is 1. The van der Waals surface area contributed by atoms with Gasteiger partial charge in [-0.1, -0.05) is 0 Å². The van der Waals surface area contributed by atoms with E-state index < -0.39 is 31.9 Å². The Morgan fingerprint density at radius 3 is 2.45 bits per heavy atom. The summed E-state index contributed by atoms with van der Waals surface area (Å²) in [5.74, 6) is -1.19. The van der Waals surface area contributed by atoms with Crippen LogP contribution in [-0.2, 0) is 24.7 Å².